The summed E-state index contributed by atoms with van der Waals surface area (Å²) in [5.41, 5.74) is 2.94. The molecule has 204 valence electrons. The van der Waals surface area contributed by atoms with E-state index in [1.807, 2.05) is 75.4 Å². The molecule has 0 aliphatic carbocycles. The van der Waals surface area contributed by atoms with Crippen molar-refractivity contribution in [2.24, 2.45) is 0 Å². The van der Waals surface area contributed by atoms with Crippen molar-refractivity contribution in [2.75, 3.05) is 44.8 Å². The Hall–Kier alpha value is -3.64. The third-order valence-corrected chi connectivity index (χ3v) is 6.73. The van der Waals surface area contributed by atoms with Gasteiger partial charge in [-0.05, 0) is 48.5 Å². The molecule has 2 aromatic carbocycles. The molecule has 8 heteroatoms. The molecule has 1 aromatic heterocycles. The number of anilines is 1. The minimum atomic E-state index is -0.147. The Morgan fingerprint density at radius 1 is 1.00 bits per heavy atom. The first-order valence-corrected chi connectivity index (χ1v) is 13.4. The maximum Gasteiger partial charge on any atom is 0.230 e. The highest BCUT2D eigenvalue weighted by atomic mass is 16.6. The zero-order chi connectivity index (χ0) is 27.2. The van der Waals surface area contributed by atoms with Crippen molar-refractivity contribution < 1.29 is 23.5 Å². The minimum Gasteiger partial charge on any atom is -0.492 e. The Labute approximate surface area is 229 Å². The number of nitrogens with zero attached hydrogens (tertiary/aromatic N) is 2. The van der Waals surface area contributed by atoms with Crippen molar-refractivity contribution >= 4 is 11.6 Å². The Morgan fingerprint density at radius 2 is 1.62 bits per heavy atom. The molecule has 0 saturated carbocycles. The normalized spacial score (nSPS) is 19.2. The Bertz CT molecular complexity index is 1300. The summed E-state index contributed by atoms with van der Waals surface area (Å²) in [4.78, 5) is 14.7. The fourth-order valence-corrected chi connectivity index (χ4v) is 4.55. The number of amides is 1. The maximum atomic E-state index is 12.4. The second kappa shape index (κ2) is 12.0. The summed E-state index contributed by atoms with van der Waals surface area (Å²) < 4.78 is 22.8. The van der Waals surface area contributed by atoms with E-state index in [1.54, 1.807) is 0 Å². The number of carbonyl (C=O) groups excluding carboxylic acids is 1. The van der Waals surface area contributed by atoms with Crippen LogP contribution in [0, 0.1) is 11.8 Å². The van der Waals surface area contributed by atoms with Crippen LogP contribution in [0.5, 0.6) is 5.75 Å². The fourth-order valence-electron chi connectivity index (χ4n) is 4.55. The predicted molar refractivity (Wildman–Crippen MR) is 148 cm³/mol. The molecule has 2 saturated heterocycles. The number of likely N-dealkylation sites (tertiary alicyclic amines) is 1. The van der Waals surface area contributed by atoms with Crippen LogP contribution in [0.4, 0.5) is 5.69 Å². The average Bonchev–Trinajstić information content (AvgIpc) is 3.56. The molecule has 2 fully saturated rings. The van der Waals surface area contributed by atoms with Gasteiger partial charge in [-0.3, -0.25) is 9.69 Å². The predicted octanol–water partition coefficient (Wildman–Crippen LogP) is 4.03. The van der Waals surface area contributed by atoms with Gasteiger partial charge in [0.15, 0.2) is 0 Å². The molecule has 5 rings (SSSR count). The van der Waals surface area contributed by atoms with Crippen molar-refractivity contribution in [2.45, 2.75) is 44.8 Å². The second-order valence-electron chi connectivity index (χ2n) is 10.9. The third kappa shape index (κ3) is 7.48. The van der Waals surface area contributed by atoms with Crippen molar-refractivity contribution in [1.29, 1.82) is 0 Å². The summed E-state index contributed by atoms with van der Waals surface area (Å²) >= 11 is 0. The molecule has 3 aromatic rings. The van der Waals surface area contributed by atoms with E-state index in [1.165, 1.54) is 0 Å². The number of benzene rings is 2. The second-order valence-corrected chi connectivity index (χ2v) is 10.9. The van der Waals surface area contributed by atoms with Gasteiger partial charge in [-0.15, -0.1) is 0 Å². The van der Waals surface area contributed by atoms with Crippen molar-refractivity contribution in [3.8, 4) is 17.6 Å². The van der Waals surface area contributed by atoms with Gasteiger partial charge in [0.1, 0.15) is 18.1 Å². The first-order valence-electron chi connectivity index (χ1n) is 13.4. The summed E-state index contributed by atoms with van der Waals surface area (Å²) in [6.07, 6.45) is 0.544. The summed E-state index contributed by atoms with van der Waals surface area (Å²) in [5.74, 6) is 7.78. The number of hydrogen-bond acceptors (Lipinski definition) is 7. The molecule has 1 amide bonds. The molecule has 2 aliphatic rings. The van der Waals surface area contributed by atoms with E-state index in [0.717, 1.165) is 42.3 Å². The van der Waals surface area contributed by atoms with Crippen LogP contribution >= 0.6 is 0 Å². The zero-order valence-electron chi connectivity index (χ0n) is 22.7. The summed E-state index contributed by atoms with van der Waals surface area (Å²) in [6, 6.07) is 17.1. The van der Waals surface area contributed by atoms with E-state index in [0.29, 0.717) is 31.2 Å². The van der Waals surface area contributed by atoms with Crippen molar-refractivity contribution in [3.05, 3.63) is 77.2 Å². The number of nitrogens with one attached hydrogen (secondary N) is 1. The molecule has 8 nitrogen and oxygen atoms in total. The molecular formula is C31H35N3O5. The molecular weight excluding hydrogens is 494 g/mol. The Morgan fingerprint density at radius 3 is 2.21 bits per heavy atom. The summed E-state index contributed by atoms with van der Waals surface area (Å²) in [5, 5.41) is 6.90. The quantitative estimate of drug-likeness (QED) is 0.463. The lowest BCUT2D eigenvalue weighted by molar-refractivity contribution is -0.116. The van der Waals surface area contributed by atoms with Gasteiger partial charge in [0.25, 0.3) is 0 Å². The zero-order valence-corrected chi connectivity index (χ0v) is 22.7. The number of hydrogen-bond donors (Lipinski definition) is 1. The molecule has 0 unspecified atom stereocenters. The highest BCUT2D eigenvalue weighted by Crippen LogP contribution is 2.23. The molecule has 2 aliphatic heterocycles. The van der Waals surface area contributed by atoms with E-state index in [4.69, 9.17) is 18.7 Å². The summed E-state index contributed by atoms with van der Waals surface area (Å²) in [7, 11) is 0. The van der Waals surface area contributed by atoms with E-state index in [-0.39, 0.29) is 30.0 Å². The monoisotopic (exact) mass is 529 g/mol. The topological polar surface area (TPSA) is 86.1 Å². The van der Waals surface area contributed by atoms with E-state index in [9.17, 15) is 4.79 Å². The minimum absolute atomic E-state index is 0.145. The van der Waals surface area contributed by atoms with Crippen LogP contribution in [0.15, 0.2) is 59.1 Å². The smallest absolute Gasteiger partial charge is 0.230 e. The average molecular weight is 530 g/mol. The molecule has 3 heterocycles. The van der Waals surface area contributed by atoms with Gasteiger partial charge in [-0.25, -0.2) is 0 Å². The van der Waals surface area contributed by atoms with Gasteiger partial charge < -0.3 is 24.1 Å². The number of rotatable bonds is 7. The van der Waals surface area contributed by atoms with E-state index in [2.05, 4.69) is 27.2 Å². The Balaban J connectivity index is 1.06. The van der Waals surface area contributed by atoms with Gasteiger partial charge >= 0.3 is 0 Å². The van der Waals surface area contributed by atoms with Gasteiger partial charge in [-0.1, -0.05) is 37.8 Å². The van der Waals surface area contributed by atoms with Crippen LogP contribution in [0.2, 0.25) is 0 Å². The highest BCUT2D eigenvalue weighted by molar-refractivity contribution is 5.92. The highest BCUT2D eigenvalue weighted by Gasteiger charge is 2.36. The van der Waals surface area contributed by atoms with E-state index >= 15 is 0 Å². The number of carbonyl (C=O) groups is 1. The number of aromatic nitrogens is 1. The Kier molecular flexibility index (Phi) is 8.32. The molecule has 39 heavy (non-hydrogen) atoms. The van der Waals surface area contributed by atoms with Gasteiger partial charge in [0, 0.05) is 47.9 Å². The first kappa shape index (κ1) is 26.9. The number of ether oxygens (including phenoxy) is 3. The first-order chi connectivity index (χ1) is 18.8. The number of fused-ring (bicyclic) bond motifs is 1. The van der Waals surface area contributed by atoms with Crippen LogP contribution in [-0.4, -0.2) is 67.6 Å². The van der Waals surface area contributed by atoms with E-state index < -0.39 is 0 Å². The van der Waals surface area contributed by atoms with Crippen LogP contribution in [-0.2, 0) is 26.1 Å². The van der Waals surface area contributed by atoms with Gasteiger partial charge in [0.05, 0.1) is 37.5 Å². The lowest BCUT2D eigenvalue weighted by atomic mass is 9.93. The van der Waals surface area contributed by atoms with Crippen molar-refractivity contribution in [3.63, 3.8) is 0 Å². The summed E-state index contributed by atoms with van der Waals surface area (Å²) in [6.45, 7) is 10.8. The van der Waals surface area contributed by atoms with Crippen molar-refractivity contribution in [1.82, 2.24) is 10.1 Å². The van der Waals surface area contributed by atoms with Gasteiger partial charge in [-0.2, -0.15) is 0 Å². The molecule has 2 atom stereocenters. The maximum absolute atomic E-state index is 12.4. The fraction of sp³-hybridized carbons (Fsp3) is 0.419. The molecule has 0 bridgehead atoms. The largest absolute Gasteiger partial charge is 0.492 e. The third-order valence-electron chi connectivity index (χ3n) is 6.73. The SMILES string of the molecule is CC(C)(C)c1cc(CC(=O)Nc2ccc(C#Cc3ccc(OCCN4C[C@@H]5OCCO[C@@H]5C4)cc3)cc2)no1. The van der Waals surface area contributed by atoms with Crippen LogP contribution in [0.3, 0.4) is 0 Å². The van der Waals surface area contributed by atoms with Crippen LogP contribution in [0.1, 0.15) is 43.4 Å². The lowest BCUT2D eigenvalue weighted by Crippen LogP contribution is -2.36. The standard InChI is InChI=1S/C31H35N3O5/c1-31(2,3)29-18-25(33-39-29)19-30(35)32-24-10-6-22(7-11-24)4-5-23-8-12-26(13-9-23)36-15-14-34-20-27-28(21-34)38-17-16-37-27/h6-13,18,27-28H,14-17,19-21H2,1-3H3,(H,32,35)/t27-,28+. The van der Waals surface area contributed by atoms with Crippen LogP contribution < -0.4 is 10.1 Å². The van der Waals surface area contributed by atoms with Crippen LogP contribution in [0.25, 0.3) is 0 Å². The lowest BCUT2D eigenvalue weighted by Gasteiger charge is -2.24. The molecule has 1 N–H and O–H groups in total. The van der Waals surface area contributed by atoms with Gasteiger partial charge in [0.2, 0.25) is 5.91 Å². The molecule has 0 spiro atoms. The molecule has 0 radical (unpaired) electrons.